The molecular weight excluding hydrogens is 126 g/mol. The lowest BCUT2D eigenvalue weighted by Gasteiger charge is -1.79. The molecule has 0 radical (unpaired) electrons. The molecule has 2 heteroatoms. The Kier molecular flexibility index (Phi) is 38.2. The average Bonchev–Trinajstić information content (AvgIpc) is 1.65. The second-order valence-corrected chi connectivity index (χ2v) is 2.47. The zero-order valence-electron chi connectivity index (χ0n) is 8.06. The molecule has 0 heterocycles. The third-order valence-corrected chi connectivity index (χ3v) is 0. The van der Waals surface area contributed by atoms with Crippen molar-refractivity contribution >= 4 is 6.29 Å². The molecule has 0 aromatic heterocycles. The minimum absolute atomic E-state index is 0.750. The quantitative estimate of drug-likeness (QED) is 0.528. The number of carbonyl (C=O) groups is 1. The molecule has 0 aliphatic rings. The standard InChI is InChI=1S/C4H10.C2H7N.C2H4O/c1-4(2)3;1-3-2;1-2-3/h4H,1-3H3;3H,1-2H3;2H,1H3. The molecule has 0 aromatic carbocycles. The van der Waals surface area contributed by atoms with E-state index in [9.17, 15) is 0 Å². The Balaban J connectivity index is -0.0000000750. The molecule has 64 valence electrons. The van der Waals surface area contributed by atoms with Gasteiger partial charge in [-0.3, -0.25) is 0 Å². The summed E-state index contributed by atoms with van der Waals surface area (Å²) in [4.78, 5) is 8.81. The predicted octanol–water partition coefficient (Wildman–Crippen LogP) is 1.70. The maximum atomic E-state index is 8.81. The zero-order valence-corrected chi connectivity index (χ0v) is 8.06. The van der Waals surface area contributed by atoms with Crippen molar-refractivity contribution in [2.45, 2.75) is 27.7 Å². The van der Waals surface area contributed by atoms with Crippen LogP contribution in [0.3, 0.4) is 0 Å². The molecule has 0 saturated carbocycles. The molecule has 0 amide bonds. The van der Waals surface area contributed by atoms with Crippen LogP contribution in [-0.2, 0) is 4.79 Å². The van der Waals surface area contributed by atoms with Gasteiger partial charge in [0.25, 0.3) is 0 Å². The van der Waals surface area contributed by atoms with E-state index in [0.717, 1.165) is 12.2 Å². The summed E-state index contributed by atoms with van der Waals surface area (Å²) in [6.45, 7) is 7.94. The van der Waals surface area contributed by atoms with Crippen molar-refractivity contribution in [1.82, 2.24) is 5.32 Å². The Labute approximate surface area is 65.0 Å². The summed E-state index contributed by atoms with van der Waals surface area (Å²) in [6, 6.07) is 0. The number of nitrogens with one attached hydrogen (secondary N) is 1. The molecule has 0 fully saturated rings. The third kappa shape index (κ3) is 2450. The third-order valence-electron chi connectivity index (χ3n) is 0. The van der Waals surface area contributed by atoms with Gasteiger partial charge in [0.05, 0.1) is 0 Å². The largest absolute Gasteiger partial charge is 0.323 e. The minimum Gasteiger partial charge on any atom is -0.323 e. The van der Waals surface area contributed by atoms with E-state index in [1.807, 2.05) is 14.1 Å². The number of rotatable bonds is 0. The number of carbonyl (C=O) groups excluding carboxylic acids is 1. The Morgan fingerprint density at radius 2 is 1.20 bits per heavy atom. The van der Waals surface area contributed by atoms with Crippen molar-refractivity contribution in [2.75, 3.05) is 14.1 Å². The van der Waals surface area contributed by atoms with Gasteiger partial charge in [-0.25, -0.2) is 0 Å². The van der Waals surface area contributed by atoms with Gasteiger partial charge >= 0.3 is 0 Å². The Bertz CT molecular complexity index is 41.8. The van der Waals surface area contributed by atoms with Crippen LogP contribution in [0, 0.1) is 5.92 Å². The summed E-state index contributed by atoms with van der Waals surface area (Å²) in [5.74, 6) is 0.833. The van der Waals surface area contributed by atoms with E-state index in [1.54, 1.807) is 0 Å². The van der Waals surface area contributed by atoms with E-state index < -0.39 is 0 Å². The molecule has 0 aliphatic heterocycles. The Morgan fingerprint density at radius 1 is 1.20 bits per heavy atom. The van der Waals surface area contributed by atoms with Crippen LogP contribution in [0.25, 0.3) is 0 Å². The predicted molar refractivity (Wildman–Crippen MR) is 47.2 cm³/mol. The average molecular weight is 147 g/mol. The molecule has 0 saturated heterocycles. The zero-order chi connectivity index (χ0) is 8.99. The molecular formula is C8H21NO. The highest BCUT2D eigenvalue weighted by Gasteiger charge is 1.68. The fourth-order valence-corrected chi connectivity index (χ4v) is 0. The first-order valence-electron chi connectivity index (χ1n) is 3.55. The molecule has 0 bridgehead atoms. The van der Waals surface area contributed by atoms with Crippen LogP contribution < -0.4 is 5.32 Å². The number of hydrogen-bond donors (Lipinski definition) is 1. The second kappa shape index (κ2) is 23.4. The Hall–Kier alpha value is -0.370. The first-order chi connectivity index (χ1) is 4.56. The highest BCUT2D eigenvalue weighted by Crippen LogP contribution is 1.81. The van der Waals surface area contributed by atoms with E-state index >= 15 is 0 Å². The van der Waals surface area contributed by atoms with Gasteiger partial charge in [0.1, 0.15) is 6.29 Å². The van der Waals surface area contributed by atoms with Gasteiger partial charge in [-0.2, -0.15) is 0 Å². The molecule has 0 rings (SSSR count). The van der Waals surface area contributed by atoms with Gasteiger partial charge in [0.2, 0.25) is 0 Å². The lowest BCUT2D eigenvalue weighted by molar-refractivity contribution is -0.106. The SMILES string of the molecule is CC(C)C.CC=O.CNC. The number of aldehydes is 1. The van der Waals surface area contributed by atoms with Crippen molar-refractivity contribution in [3.63, 3.8) is 0 Å². The van der Waals surface area contributed by atoms with Crippen molar-refractivity contribution < 1.29 is 4.79 Å². The Morgan fingerprint density at radius 3 is 1.20 bits per heavy atom. The van der Waals surface area contributed by atoms with Crippen molar-refractivity contribution in [3.8, 4) is 0 Å². The van der Waals surface area contributed by atoms with Crippen LogP contribution in [0.15, 0.2) is 0 Å². The van der Waals surface area contributed by atoms with Crippen molar-refractivity contribution in [2.24, 2.45) is 5.92 Å². The fraction of sp³-hybridized carbons (Fsp3) is 0.875. The molecule has 0 aliphatic carbocycles. The molecule has 0 atom stereocenters. The highest BCUT2D eigenvalue weighted by atomic mass is 16.1. The van der Waals surface area contributed by atoms with E-state index in [1.165, 1.54) is 6.92 Å². The number of hydrogen-bond acceptors (Lipinski definition) is 2. The topological polar surface area (TPSA) is 29.1 Å². The maximum absolute atomic E-state index is 8.81. The van der Waals surface area contributed by atoms with Crippen LogP contribution in [0.1, 0.15) is 27.7 Å². The van der Waals surface area contributed by atoms with E-state index in [0.29, 0.717) is 0 Å². The first-order valence-corrected chi connectivity index (χ1v) is 3.55. The van der Waals surface area contributed by atoms with Crippen LogP contribution in [0.4, 0.5) is 0 Å². The molecule has 2 nitrogen and oxygen atoms in total. The fourth-order valence-electron chi connectivity index (χ4n) is 0. The normalized spacial score (nSPS) is 6.70. The smallest absolute Gasteiger partial charge is 0.116 e. The maximum Gasteiger partial charge on any atom is 0.116 e. The summed E-state index contributed by atoms with van der Waals surface area (Å²) in [5, 5.41) is 2.75. The lowest BCUT2D eigenvalue weighted by Crippen LogP contribution is -1.89. The monoisotopic (exact) mass is 147 g/mol. The summed E-state index contributed by atoms with van der Waals surface area (Å²) in [5.41, 5.74) is 0. The molecule has 0 unspecified atom stereocenters. The summed E-state index contributed by atoms with van der Waals surface area (Å²) in [7, 11) is 3.75. The second-order valence-electron chi connectivity index (χ2n) is 2.47. The van der Waals surface area contributed by atoms with E-state index in [4.69, 9.17) is 4.79 Å². The first kappa shape index (κ1) is 16.3. The van der Waals surface area contributed by atoms with Crippen LogP contribution >= 0.6 is 0 Å². The van der Waals surface area contributed by atoms with Gasteiger partial charge in [-0.15, -0.1) is 0 Å². The molecule has 0 spiro atoms. The summed E-state index contributed by atoms with van der Waals surface area (Å²) in [6.07, 6.45) is 0.750. The van der Waals surface area contributed by atoms with Crippen molar-refractivity contribution in [1.29, 1.82) is 0 Å². The van der Waals surface area contributed by atoms with Crippen LogP contribution in [0.2, 0.25) is 0 Å². The summed E-state index contributed by atoms with van der Waals surface area (Å²) < 4.78 is 0. The van der Waals surface area contributed by atoms with E-state index in [-0.39, 0.29) is 0 Å². The van der Waals surface area contributed by atoms with Crippen LogP contribution in [0.5, 0.6) is 0 Å². The van der Waals surface area contributed by atoms with Crippen molar-refractivity contribution in [3.05, 3.63) is 0 Å². The van der Waals surface area contributed by atoms with Gasteiger partial charge in [0, 0.05) is 0 Å². The lowest BCUT2D eigenvalue weighted by atomic mass is 10.3. The van der Waals surface area contributed by atoms with E-state index in [2.05, 4.69) is 26.1 Å². The van der Waals surface area contributed by atoms with Gasteiger partial charge in [-0.05, 0) is 26.9 Å². The molecule has 10 heavy (non-hydrogen) atoms. The van der Waals surface area contributed by atoms with Gasteiger partial charge < -0.3 is 10.1 Å². The van der Waals surface area contributed by atoms with Gasteiger partial charge in [-0.1, -0.05) is 20.8 Å². The highest BCUT2D eigenvalue weighted by molar-refractivity contribution is 5.44. The van der Waals surface area contributed by atoms with Crippen LogP contribution in [-0.4, -0.2) is 20.4 Å². The minimum atomic E-state index is 0.750. The van der Waals surface area contributed by atoms with Gasteiger partial charge in [0.15, 0.2) is 0 Å². The molecule has 1 N–H and O–H groups in total. The summed E-state index contributed by atoms with van der Waals surface area (Å²) >= 11 is 0. The molecule has 0 aromatic rings.